The van der Waals surface area contributed by atoms with Crippen molar-refractivity contribution in [1.29, 1.82) is 0 Å². The largest absolute Gasteiger partial charge is 0.401 e. The van der Waals surface area contributed by atoms with Gasteiger partial charge >= 0.3 is 12.4 Å². The van der Waals surface area contributed by atoms with Crippen LogP contribution in [0.15, 0.2) is 18.5 Å². The van der Waals surface area contributed by atoms with Gasteiger partial charge in [-0.05, 0) is 31.7 Å². The molecule has 0 bridgehead atoms. The molecule has 0 aromatic carbocycles. The number of halogens is 6. The second-order valence-corrected chi connectivity index (χ2v) is 7.85. The van der Waals surface area contributed by atoms with E-state index in [1.54, 1.807) is 12.4 Å². The third-order valence-electron chi connectivity index (χ3n) is 5.57. The van der Waals surface area contributed by atoms with Gasteiger partial charge in [0.2, 0.25) is 0 Å². The molecule has 0 atom stereocenters. The number of nitrogens with one attached hydrogen (secondary N) is 3. The quantitative estimate of drug-likeness (QED) is 0.495. The Hall–Kier alpha value is -2.34. The molecule has 12 heteroatoms. The zero-order valence-corrected chi connectivity index (χ0v) is 16.4. The number of imidazole rings is 1. The first-order valence-corrected chi connectivity index (χ1v) is 10.0. The van der Waals surface area contributed by atoms with Crippen LogP contribution in [0.5, 0.6) is 0 Å². The monoisotopic (exact) mass is 448 g/mol. The molecule has 170 valence electrons. The van der Waals surface area contributed by atoms with Crippen LogP contribution in [0.1, 0.15) is 37.5 Å². The molecule has 3 aromatic rings. The Morgan fingerprint density at radius 3 is 2.42 bits per heavy atom. The molecule has 3 heterocycles. The normalized spacial score (nSPS) is 20.7. The highest BCUT2D eigenvalue weighted by Crippen LogP contribution is 2.35. The topological polar surface area (TPSA) is 70.6 Å². The van der Waals surface area contributed by atoms with Crippen molar-refractivity contribution in [3.8, 4) is 0 Å². The number of pyridine rings is 1. The zero-order chi connectivity index (χ0) is 22.2. The second-order valence-electron chi connectivity index (χ2n) is 7.85. The van der Waals surface area contributed by atoms with E-state index in [1.165, 1.54) is 0 Å². The average Bonchev–Trinajstić information content (AvgIpc) is 3.29. The van der Waals surface area contributed by atoms with E-state index in [1.807, 2.05) is 10.6 Å². The minimum Gasteiger partial charge on any atom is -0.346 e. The van der Waals surface area contributed by atoms with Crippen LogP contribution in [0.2, 0.25) is 0 Å². The van der Waals surface area contributed by atoms with Crippen LogP contribution in [-0.2, 0) is 6.54 Å². The molecule has 31 heavy (non-hydrogen) atoms. The number of fused-ring (bicyclic) bond motifs is 3. The lowest BCUT2D eigenvalue weighted by Gasteiger charge is -2.31. The number of alkyl halides is 6. The molecular weight excluding hydrogens is 426 g/mol. The van der Waals surface area contributed by atoms with E-state index >= 15 is 0 Å². The fourth-order valence-corrected chi connectivity index (χ4v) is 4.27. The number of hydrogen-bond donors (Lipinski definition) is 3. The van der Waals surface area contributed by atoms with E-state index in [0.717, 1.165) is 10.9 Å². The Labute approximate surface area is 173 Å². The lowest BCUT2D eigenvalue weighted by atomic mass is 9.90. The summed E-state index contributed by atoms with van der Waals surface area (Å²) in [4.78, 5) is 11.8. The Bertz CT molecular complexity index is 1030. The maximum atomic E-state index is 12.6. The van der Waals surface area contributed by atoms with Crippen LogP contribution in [0.4, 0.5) is 26.3 Å². The van der Waals surface area contributed by atoms with Crippen LogP contribution in [-0.4, -0.2) is 51.0 Å². The summed E-state index contributed by atoms with van der Waals surface area (Å²) in [5.41, 5.74) is 2.00. The summed E-state index contributed by atoms with van der Waals surface area (Å²) in [6, 6.07) is 1.53. The third-order valence-corrected chi connectivity index (χ3v) is 5.57. The second kappa shape index (κ2) is 8.30. The molecule has 1 aliphatic carbocycles. The molecule has 3 N–H and O–H groups in total. The van der Waals surface area contributed by atoms with Gasteiger partial charge in [0, 0.05) is 23.7 Å². The van der Waals surface area contributed by atoms with E-state index in [9.17, 15) is 26.3 Å². The SMILES string of the molecule is FC(F)(F)CNCc1nc2cnc3[nH]ccc3c2n1[C@H]1CC[C@H](NCC(F)(F)F)CC1. The maximum Gasteiger partial charge on any atom is 0.401 e. The molecule has 0 saturated heterocycles. The predicted octanol–water partition coefficient (Wildman–Crippen LogP) is 4.20. The van der Waals surface area contributed by atoms with E-state index in [0.29, 0.717) is 42.7 Å². The number of aromatic nitrogens is 4. The number of hydrogen-bond acceptors (Lipinski definition) is 4. The van der Waals surface area contributed by atoms with Crippen LogP contribution in [0.25, 0.3) is 22.1 Å². The van der Waals surface area contributed by atoms with Gasteiger partial charge in [0.15, 0.2) is 0 Å². The zero-order valence-electron chi connectivity index (χ0n) is 16.4. The van der Waals surface area contributed by atoms with Gasteiger partial charge in [-0.1, -0.05) is 0 Å². The van der Waals surface area contributed by atoms with Crippen molar-refractivity contribution in [1.82, 2.24) is 30.2 Å². The summed E-state index contributed by atoms with van der Waals surface area (Å²) in [7, 11) is 0. The molecule has 0 spiro atoms. The predicted molar refractivity (Wildman–Crippen MR) is 102 cm³/mol. The summed E-state index contributed by atoms with van der Waals surface area (Å²) in [6.07, 6.45) is -3.02. The van der Waals surface area contributed by atoms with Crippen molar-refractivity contribution in [2.75, 3.05) is 13.1 Å². The minimum absolute atomic E-state index is 0.0721. The van der Waals surface area contributed by atoms with Gasteiger partial charge in [-0.15, -0.1) is 0 Å². The van der Waals surface area contributed by atoms with Crippen LogP contribution < -0.4 is 10.6 Å². The van der Waals surface area contributed by atoms with Gasteiger partial charge in [0.25, 0.3) is 0 Å². The first-order valence-electron chi connectivity index (χ1n) is 10.0. The van der Waals surface area contributed by atoms with Crippen LogP contribution in [0, 0.1) is 0 Å². The molecule has 0 unspecified atom stereocenters. The van der Waals surface area contributed by atoms with E-state index in [4.69, 9.17) is 0 Å². The molecule has 0 aliphatic heterocycles. The van der Waals surface area contributed by atoms with E-state index in [-0.39, 0.29) is 18.6 Å². The van der Waals surface area contributed by atoms with Gasteiger partial charge in [0.05, 0.1) is 31.3 Å². The number of nitrogens with zero attached hydrogens (tertiary/aromatic N) is 3. The molecule has 1 aliphatic rings. The summed E-state index contributed by atoms with van der Waals surface area (Å²) in [5.74, 6) is 0.460. The molecule has 0 radical (unpaired) electrons. The third kappa shape index (κ3) is 5.12. The van der Waals surface area contributed by atoms with Gasteiger partial charge in [-0.25, -0.2) is 9.97 Å². The van der Waals surface area contributed by atoms with Gasteiger partial charge < -0.3 is 20.2 Å². The highest BCUT2D eigenvalue weighted by atomic mass is 19.4. The summed E-state index contributed by atoms with van der Waals surface area (Å²) in [5, 5.41) is 5.76. The highest BCUT2D eigenvalue weighted by molar-refractivity contribution is 6.01. The Morgan fingerprint density at radius 1 is 1.03 bits per heavy atom. The number of aromatic amines is 1. The Balaban J connectivity index is 1.59. The standard InChI is InChI=1S/C19H22F6N6/c20-18(21,22)9-26-8-15-30-14-7-28-17-13(5-6-27-17)16(14)31(15)12-3-1-11(2-4-12)29-10-19(23,24)25/h5-7,11-12,26,29H,1-4,8-10H2,(H,27,28)/t11-,12-. The lowest BCUT2D eigenvalue weighted by molar-refractivity contribution is -0.127. The maximum absolute atomic E-state index is 12.6. The summed E-state index contributed by atoms with van der Waals surface area (Å²) < 4.78 is 77.2. The molecule has 3 aromatic heterocycles. The molecule has 6 nitrogen and oxygen atoms in total. The molecule has 1 fully saturated rings. The molecule has 1 saturated carbocycles. The Morgan fingerprint density at radius 2 is 1.74 bits per heavy atom. The molecule has 4 rings (SSSR count). The van der Waals surface area contributed by atoms with Crippen molar-refractivity contribution in [3.63, 3.8) is 0 Å². The summed E-state index contributed by atoms with van der Waals surface area (Å²) >= 11 is 0. The van der Waals surface area contributed by atoms with E-state index < -0.39 is 25.4 Å². The van der Waals surface area contributed by atoms with Gasteiger partial charge in [0.1, 0.15) is 17.0 Å². The molecule has 0 amide bonds. The highest BCUT2D eigenvalue weighted by Gasteiger charge is 2.32. The van der Waals surface area contributed by atoms with E-state index in [2.05, 4.69) is 25.6 Å². The fourth-order valence-electron chi connectivity index (χ4n) is 4.27. The first kappa shape index (κ1) is 21.9. The Kier molecular flexibility index (Phi) is 5.86. The van der Waals surface area contributed by atoms with Crippen molar-refractivity contribution in [2.24, 2.45) is 0 Å². The number of H-pyrrole nitrogens is 1. The van der Waals surface area contributed by atoms with Crippen LogP contribution >= 0.6 is 0 Å². The van der Waals surface area contributed by atoms with Crippen molar-refractivity contribution in [2.45, 2.75) is 56.7 Å². The smallest absolute Gasteiger partial charge is 0.346 e. The van der Waals surface area contributed by atoms with Gasteiger partial charge in [-0.2, -0.15) is 26.3 Å². The van der Waals surface area contributed by atoms with Crippen molar-refractivity contribution < 1.29 is 26.3 Å². The van der Waals surface area contributed by atoms with Gasteiger partial charge in [-0.3, -0.25) is 0 Å². The summed E-state index contributed by atoms with van der Waals surface area (Å²) in [6.45, 7) is -2.24. The molecular formula is C19H22F6N6. The minimum atomic E-state index is -4.34. The fraction of sp³-hybridized carbons (Fsp3) is 0.579. The van der Waals surface area contributed by atoms with Crippen LogP contribution in [0.3, 0.4) is 0 Å². The number of rotatable bonds is 6. The lowest BCUT2D eigenvalue weighted by Crippen LogP contribution is -2.39. The van der Waals surface area contributed by atoms with Crippen molar-refractivity contribution >= 4 is 22.1 Å². The van der Waals surface area contributed by atoms with Crippen molar-refractivity contribution in [3.05, 3.63) is 24.3 Å². The first-order chi connectivity index (χ1) is 14.6. The average molecular weight is 448 g/mol.